The Hall–Kier alpha value is -4.83. The number of sulfonamides is 1. The van der Waals surface area contributed by atoms with Crippen LogP contribution in [0.15, 0.2) is 112 Å². The molecule has 1 saturated heterocycles. The number of benzene rings is 4. The highest BCUT2D eigenvalue weighted by Crippen LogP contribution is 2.37. The molecular weight excluding hydrogens is 916 g/mol. The average molecular weight is 962 g/mol. The minimum atomic E-state index is -6.06. The van der Waals surface area contributed by atoms with Crippen LogP contribution in [0.2, 0.25) is 5.02 Å². The third kappa shape index (κ3) is 11.0. The summed E-state index contributed by atoms with van der Waals surface area (Å²) in [5, 5.41) is 6.96. The maximum Gasteiger partial charge on any atom is 0.501 e. The maximum atomic E-state index is 14.4. The molecule has 7 rings (SSSR count). The number of rotatable bonds is 16. The Kier molecular flexibility index (Phi) is 14.5. The average Bonchev–Trinajstić information content (AvgIpc) is 3.25. The van der Waals surface area contributed by atoms with Crippen LogP contribution < -0.4 is 10.0 Å². The van der Waals surface area contributed by atoms with Gasteiger partial charge in [0.1, 0.15) is 28.6 Å². The normalized spacial score (nSPS) is 15.9. The number of halogens is 5. The van der Waals surface area contributed by atoms with Crippen molar-refractivity contribution in [1.82, 2.24) is 29.8 Å². The first kappa shape index (κ1) is 47.1. The smallest absolute Gasteiger partial charge is 0.380 e. The van der Waals surface area contributed by atoms with Gasteiger partial charge in [-0.3, -0.25) is 19.4 Å². The quantitative estimate of drug-likeness (QED) is 0.0757. The van der Waals surface area contributed by atoms with Crippen molar-refractivity contribution in [2.75, 3.05) is 69.2 Å². The molecule has 0 radical (unpaired) electrons. The molecule has 2 N–H and O–H groups in total. The zero-order valence-corrected chi connectivity index (χ0v) is 37.9. The predicted molar refractivity (Wildman–Crippen MR) is 239 cm³/mol. The number of hydrogen-bond acceptors (Lipinski definition) is 12. The summed E-state index contributed by atoms with van der Waals surface area (Å²) in [7, 11) is -7.18. The van der Waals surface area contributed by atoms with Crippen molar-refractivity contribution in [2.24, 2.45) is 0 Å². The topological polar surface area (TPSA) is 148 Å². The summed E-state index contributed by atoms with van der Waals surface area (Å²) in [5.74, 6) is -0.764. The summed E-state index contributed by atoms with van der Waals surface area (Å²) in [4.78, 5) is 25.0. The number of alkyl halides is 3. The van der Waals surface area contributed by atoms with Crippen LogP contribution >= 0.6 is 23.4 Å². The number of anilines is 2. The summed E-state index contributed by atoms with van der Waals surface area (Å²) >= 11 is 7.52. The molecule has 21 heteroatoms. The molecule has 0 saturated carbocycles. The Balaban J connectivity index is 1.06. The summed E-state index contributed by atoms with van der Waals surface area (Å²) in [6.07, 6.45) is 1.55. The maximum absolute atomic E-state index is 14.4. The summed E-state index contributed by atoms with van der Waals surface area (Å²) in [5.41, 5.74) is -3.46. The van der Waals surface area contributed by atoms with Crippen LogP contribution in [0.1, 0.15) is 28.0 Å². The number of carbonyl (C=O) groups excluding carboxylic acids is 1. The third-order valence-electron chi connectivity index (χ3n) is 10.8. The van der Waals surface area contributed by atoms with E-state index in [1.807, 2.05) is 66.5 Å². The van der Waals surface area contributed by atoms with Crippen LogP contribution in [-0.4, -0.2) is 123 Å². The van der Waals surface area contributed by atoms with Gasteiger partial charge in [0.2, 0.25) is 0 Å². The largest absolute Gasteiger partial charge is 0.501 e. The lowest BCUT2D eigenvalue weighted by atomic mass is 9.99. The van der Waals surface area contributed by atoms with Gasteiger partial charge in [-0.15, -0.1) is 11.8 Å². The zero-order valence-electron chi connectivity index (χ0n) is 34.7. The molecule has 0 aliphatic carbocycles. The van der Waals surface area contributed by atoms with Crippen molar-refractivity contribution in [1.29, 1.82) is 0 Å². The number of nitrogens with zero attached hydrogens (tertiary/aromatic N) is 6. The van der Waals surface area contributed by atoms with Crippen molar-refractivity contribution in [3.8, 4) is 11.1 Å². The zero-order chi connectivity index (χ0) is 45.8. The van der Waals surface area contributed by atoms with E-state index in [0.29, 0.717) is 62.5 Å². The Bertz CT molecular complexity index is 2690. The highest BCUT2D eigenvalue weighted by molar-refractivity contribution is 7.99. The van der Waals surface area contributed by atoms with Crippen molar-refractivity contribution < 1.29 is 39.2 Å². The van der Waals surface area contributed by atoms with Gasteiger partial charge in [-0.1, -0.05) is 48.0 Å². The van der Waals surface area contributed by atoms with Crippen LogP contribution in [0.5, 0.6) is 0 Å². The molecule has 0 unspecified atom stereocenters. The molecule has 2 aliphatic heterocycles. The van der Waals surface area contributed by atoms with Gasteiger partial charge in [0.05, 0.1) is 10.6 Å². The number of carbonyl (C=O) groups is 1. The lowest BCUT2D eigenvalue weighted by molar-refractivity contribution is -0.0436. The molecule has 64 heavy (non-hydrogen) atoms. The van der Waals surface area contributed by atoms with Crippen LogP contribution in [-0.2, 0) is 32.8 Å². The molecule has 1 fully saturated rings. The standard InChI is InChI=1S/C43H45ClF4N8O5S3/c1-53(2)18-16-33(27-62-34-6-4-3-5-7-34)51-38-15-13-35(25-39(38)63(58,59)43(46,47)48)64(60,61)52-41-37-17-19-56(42(57)40(37)49-28-50-41)55-22-20-54(21-23-55)26-30-24-32(45)12-14-36(30)29-8-10-31(44)11-9-29/h3-15,24-25,28,33,51H,16-23,26-27H2,1-2H3,(H,49,50,52)/t33-/m1/s1. The first-order valence-corrected chi connectivity index (χ1v) is 24.5. The number of fused-ring (bicyclic) bond motifs is 1. The van der Waals surface area contributed by atoms with E-state index in [4.69, 9.17) is 11.6 Å². The molecule has 340 valence electrons. The predicted octanol–water partition coefficient (Wildman–Crippen LogP) is 7.29. The van der Waals surface area contributed by atoms with Gasteiger partial charge in [-0.2, -0.15) is 13.2 Å². The second kappa shape index (κ2) is 19.7. The summed E-state index contributed by atoms with van der Waals surface area (Å²) in [6.45, 7) is 3.13. The number of nitrogens with one attached hydrogen (secondary N) is 2. The molecule has 3 heterocycles. The minimum Gasteiger partial charge on any atom is -0.380 e. The molecule has 13 nitrogen and oxygen atoms in total. The SMILES string of the molecule is CN(C)CC[C@H](CSc1ccccc1)Nc1ccc(S(=O)(=O)Nc2ncnc3c2CCN(N2CCN(Cc4cc(F)ccc4-c4ccc(Cl)cc4)CC2)C3=O)cc1S(=O)(=O)C(F)(F)F. The van der Waals surface area contributed by atoms with Crippen LogP contribution in [0.25, 0.3) is 11.1 Å². The van der Waals surface area contributed by atoms with Crippen molar-refractivity contribution >= 4 is 60.6 Å². The van der Waals surface area contributed by atoms with Crippen LogP contribution in [0, 0.1) is 5.82 Å². The summed E-state index contributed by atoms with van der Waals surface area (Å²) < 4.78 is 113. The molecule has 1 aromatic heterocycles. The molecule has 0 bridgehead atoms. The number of sulfone groups is 1. The minimum absolute atomic E-state index is 0.0641. The lowest BCUT2D eigenvalue weighted by Gasteiger charge is -2.42. The van der Waals surface area contributed by atoms with E-state index >= 15 is 0 Å². The number of piperazine rings is 1. The van der Waals surface area contributed by atoms with Gasteiger partial charge in [-0.05, 0) is 105 Å². The fourth-order valence-electron chi connectivity index (χ4n) is 7.48. The first-order chi connectivity index (χ1) is 30.4. The molecule has 0 spiro atoms. The fourth-order valence-corrected chi connectivity index (χ4v) is 10.7. The second-order valence-corrected chi connectivity index (χ2v) is 20.7. The Morgan fingerprint density at radius 1 is 0.891 bits per heavy atom. The molecule has 1 atom stereocenters. The summed E-state index contributed by atoms with van der Waals surface area (Å²) in [6, 6.07) is 23.3. The number of amides is 1. The van der Waals surface area contributed by atoms with E-state index in [-0.39, 0.29) is 35.9 Å². The lowest BCUT2D eigenvalue weighted by Crippen LogP contribution is -2.57. The molecular formula is C43H45ClF4N8O5S3. The van der Waals surface area contributed by atoms with Crippen LogP contribution in [0.3, 0.4) is 0 Å². The first-order valence-electron chi connectivity index (χ1n) is 20.1. The number of hydrazine groups is 1. The molecule has 1 amide bonds. The Morgan fingerprint density at radius 3 is 2.30 bits per heavy atom. The molecule has 5 aromatic rings. The van der Waals surface area contributed by atoms with Gasteiger partial charge in [0.15, 0.2) is 0 Å². The number of thioether (sulfide) groups is 1. The van der Waals surface area contributed by atoms with Gasteiger partial charge >= 0.3 is 5.51 Å². The molecule has 4 aromatic carbocycles. The van der Waals surface area contributed by atoms with E-state index in [2.05, 4.69) is 24.9 Å². The Morgan fingerprint density at radius 2 is 1.61 bits per heavy atom. The third-order valence-corrected chi connectivity index (χ3v) is 15.1. The van der Waals surface area contributed by atoms with Gasteiger partial charge in [0.25, 0.3) is 25.8 Å². The van der Waals surface area contributed by atoms with E-state index in [0.717, 1.165) is 40.0 Å². The number of hydrogen-bond donors (Lipinski definition) is 2. The van der Waals surface area contributed by atoms with Crippen LogP contribution in [0.4, 0.5) is 29.1 Å². The Labute approximate surface area is 378 Å². The van der Waals surface area contributed by atoms with Gasteiger partial charge in [-0.25, -0.2) is 36.2 Å². The second-order valence-electron chi connectivity index (χ2n) is 15.5. The van der Waals surface area contributed by atoms with E-state index in [1.54, 1.807) is 18.2 Å². The van der Waals surface area contributed by atoms with E-state index in [1.165, 1.54) is 28.9 Å². The van der Waals surface area contributed by atoms with E-state index in [9.17, 15) is 39.2 Å². The highest BCUT2D eigenvalue weighted by atomic mass is 35.5. The fraction of sp³-hybridized carbons (Fsp3) is 0.326. The van der Waals surface area contributed by atoms with Crippen molar-refractivity contribution in [2.45, 2.75) is 45.6 Å². The number of aromatic nitrogens is 2. The highest BCUT2D eigenvalue weighted by Gasteiger charge is 2.48. The van der Waals surface area contributed by atoms with Crippen molar-refractivity contribution in [3.63, 3.8) is 0 Å². The molecule has 2 aliphatic rings. The van der Waals surface area contributed by atoms with E-state index < -0.39 is 52.8 Å². The monoisotopic (exact) mass is 960 g/mol. The van der Waals surface area contributed by atoms with Gasteiger partial charge in [0, 0.05) is 66.5 Å². The van der Waals surface area contributed by atoms with Gasteiger partial charge < -0.3 is 10.2 Å². The van der Waals surface area contributed by atoms with Crippen molar-refractivity contribution in [3.05, 3.63) is 125 Å².